The number of rotatable bonds is 6. The zero-order chi connectivity index (χ0) is 15.5. The predicted molar refractivity (Wildman–Crippen MR) is 101 cm³/mol. The van der Waals surface area contributed by atoms with Gasteiger partial charge in [-0.25, -0.2) is 0 Å². The smallest absolute Gasteiger partial charge is 0.119 e. The van der Waals surface area contributed by atoms with Crippen LogP contribution in [0.25, 0.3) is 0 Å². The van der Waals surface area contributed by atoms with E-state index in [1.54, 1.807) is 0 Å². The third-order valence-electron chi connectivity index (χ3n) is 4.32. The Kier molecular flexibility index (Phi) is 5.07. The van der Waals surface area contributed by atoms with E-state index in [0.717, 1.165) is 16.1 Å². The molecule has 0 aromatic heterocycles. The average molecular weight is 406 g/mol. The van der Waals surface area contributed by atoms with E-state index in [-0.39, 0.29) is 0 Å². The largest absolute Gasteiger partial charge is 0.489 e. The van der Waals surface area contributed by atoms with Crippen LogP contribution in [0.3, 0.4) is 0 Å². The predicted octanol–water partition coefficient (Wildman–Crippen LogP) is 6.20. The highest BCUT2D eigenvalue weighted by atomic mass is 127. The number of ether oxygens (including phenoxy) is 1. The summed E-state index contributed by atoms with van der Waals surface area (Å²) in [7, 11) is 0. The fraction of sp³-hybridized carbons (Fsp3) is 0.400. The molecular formula is C20H23IO. The number of hydrogen-bond acceptors (Lipinski definition) is 1. The maximum absolute atomic E-state index is 6.02. The molecule has 1 nitrogen and oxygen atoms in total. The Bertz CT molecular complexity index is 627. The van der Waals surface area contributed by atoms with Crippen molar-refractivity contribution in [2.75, 3.05) is 0 Å². The van der Waals surface area contributed by atoms with Crippen molar-refractivity contribution in [3.05, 3.63) is 64.7 Å². The minimum atomic E-state index is 0.566. The maximum atomic E-state index is 6.02. The third-order valence-corrected chi connectivity index (χ3v) is 5.20. The van der Waals surface area contributed by atoms with Crippen molar-refractivity contribution in [2.24, 2.45) is 0 Å². The quantitative estimate of drug-likeness (QED) is 0.410. The Morgan fingerprint density at radius 3 is 2.41 bits per heavy atom. The lowest BCUT2D eigenvalue weighted by Gasteiger charge is -2.13. The lowest BCUT2D eigenvalue weighted by molar-refractivity contribution is 0.305. The zero-order valence-electron chi connectivity index (χ0n) is 13.3. The molecule has 0 heterocycles. The van der Waals surface area contributed by atoms with E-state index in [9.17, 15) is 0 Å². The van der Waals surface area contributed by atoms with Crippen molar-refractivity contribution in [2.45, 2.75) is 49.6 Å². The van der Waals surface area contributed by atoms with Crippen LogP contribution in [0.1, 0.15) is 60.8 Å². The topological polar surface area (TPSA) is 9.23 Å². The molecule has 0 spiro atoms. The van der Waals surface area contributed by atoms with Gasteiger partial charge in [-0.3, -0.25) is 0 Å². The Hall–Kier alpha value is -1.03. The second-order valence-electron chi connectivity index (χ2n) is 6.45. The lowest BCUT2D eigenvalue weighted by Crippen LogP contribution is -2.00. The van der Waals surface area contributed by atoms with Gasteiger partial charge in [0.1, 0.15) is 12.4 Å². The van der Waals surface area contributed by atoms with Gasteiger partial charge in [0, 0.05) is 4.43 Å². The van der Waals surface area contributed by atoms with Crippen LogP contribution >= 0.6 is 22.6 Å². The molecule has 0 atom stereocenters. The van der Waals surface area contributed by atoms with Gasteiger partial charge >= 0.3 is 0 Å². The summed E-state index contributed by atoms with van der Waals surface area (Å²) >= 11 is 2.43. The highest BCUT2D eigenvalue weighted by Crippen LogP contribution is 2.42. The van der Waals surface area contributed by atoms with E-state index >= 15 is 0 Å². The molecule has 0 amide bonds. The van der Waals surface area contributed by atoms with Crippen molar-refractivity contribution in [3.63, 3.8) is 0 Å². The molecular weight excluding hydrogens is 383 g/mol. The molecule has 3 rings (SSSR count). The Morgan fingerprint density at radius 1 is 1.09 bits per heavy atom. The summed E-state index contributed by atoms with van der Waals surface area (Å²) in [5, 5.41) is 0. The van der Waals surface area contributed by atoms with Crippen LogP contribution in [0, 0.1) is 0 Å². The molecule has 0 bridgehead atoms. The molecule has 22 heavy (non-hydrogen) atoms. The van der Waals surface area contributed by atoms with E-state index in [4.69, 9.17) is 4.74 Å². The summed E-state index contributed by atoms with van der Waals surface area (Å²) in [6.07, 6.45) is 2.67. The van der Waals surface area contributed by atoms with Crippen LogP contribution in [-0.4, -0.2) is 0 Å². The summed E-state index contributed by atoms with van der Waals surface area (Å²) < 4.78 is 7.10. The molecule has 1 fully saturated rings. The molecule has 0 saturated heterocycles. The van der Waals surface area contributed by atoms with Crippen molar-refractivity contribution >= 4 is 22.6 Å². The van der Waals surface area contributed by atoms with Crippen molar-refractivity contribution in [1.82, 2.24) is 0 Å². The van der Waals surface area contributed by atoms with Crippen LogP contribution in [0.15, 0.2) is 42.5 Å². The van der Waals surface area contributed by atoms with Gasteiger partial charge in [0.15, 0.2) is 0 Å². The Morgan fingerprint density at radius 2 is 1.82 bits per heavy atom. The van der Waals surface area contributed by atoms with E-state index in [0.29, 0.717) is 12.5 Å². The van der Waals surface area contributed by atoms with E-state index < -0.39 is 0 Å². The number of hydrogen-bond donors (Lipinski definition) is 0. The highest BCUT2D eigenvalue weighted by Gasteiger charge is 2.26. The monoisotopic (exact) mass is 406 g/mol. The molecule has 1 saturated carbocycles. The van der Waals surface area contributed by atoms with Gasteiger partial charge in [-0.05, 0) is 59.1 Å². The second-order valence-corrected chi connectivity index (χ2v) is 7.22. The average Bonchev–Trinajstić information content (AvgIpc) is 3.38. The molecule has 0 unspecified atom stereocenters. The molecule has 2 aromatic rings. The Balaban J connectivity index is 1.70. The normalized spacial score (nSPS) is 14.4. The lowest BCUT2D eigenvalue weighted by atomic mass is 10.0. The van der Waals surface area contributed by atoms with Crippen LogP contribution in [0.4, 0.5) is 0 Å². The fourth-order valence-electron chi connectivity index (χ4n) is 2.74. The first kappa shape index (κ1) is 15.9. The van der Waals surface area contributed by atoms with Gasteiger partial charge in [-0.15, -0.1) is 0 Å². The van der Waals surface area contributed by atoms with Gasteiger partial charge < -0.3 is 4.74 Å². The standard InChI is InChI=1S/C20H23IO/c1-14(2)16-7-9-19(10-8-16)22-13-18-4-3-15(12-21)11-20(18)17-5-6-17/h3-4,7-11,14,17H,5-6,12-13H2,1-2H3. The number of benzene rings is 2. The first-order chi connectivity index (χ1) is 10.7. The summed E-state index contributed by atoms with van der Waals surface area (Å²) in [5.74, 6) is 2.30. The van der Waals surface area contributed by atoms with Crippen LogP contribution < -0.4 is 4.74 Å². The molecule has 116 valence electrons. The van der Waals surface area contributed by atoms with Crippen molar-refractivity contribution in [3.8, 4) is 5.75 Å². The Labute approximate surface area is 147 Å². The fourth-order valence-corrected chi connectivity index (χ4v) is 3.22. The van der Waals surface area contributed by atoms with Gasteiger partial charge in [0.25, 0.3) is 0 Å². The molecule has 2 heteroatoms. The minimum Gasteiger partial charge on any atom is -0.489 e. The van der Waals surface area contributed by atoms with Crippen molar-refractivity contribution < 1.29 is 4.74 Å². The first-order valence-electron chi connectivity index (χ1n) is 8.08. The maximum Gasteiger partial charge on any atom is 0.119 e. The molecule has 2 aromatic carbocycles. The van der Waals surface area contributed by atoms with Crippen molar-refractivity contribution in [1.29, 1.82) is 0 Å². The van der Waals surface area contributed by atoms with Crippen LogP contribution in [0.2, 0.25) is 0 Å². The van der Waals surface area contributed by atoms with Crippen LogP contribution in [-0.2, 0) is 11.0 Å². The third kappa shape index (κ3) is 3.83. The number of halogens is 1. The molecule has 0 aliphatic heterocycles. The number of alkyl halides is 1. The first-order valence-corrected chi connectivity index (χ1v) is 9.60. The summed E-state index contributed by atoms with van der Waals surface area (Å²) in [6, 6.07) is 15.4. The molecule has 0 radical (unpaired) electrons. The van der Waals surface area contributed by atoms with E-state index in [1.807, 2.05) is 0 Å². The van der Waals surface area contributed by atoms with Gasteiger partial charge in [0.2, 0.25) is 0 Å². The van der Waals surface area contributed by atoms with E-state index in [2.05, 4.69) is 78.9 Å². The van der Waals surface area contributed by atoms with Gasteiger partial charge in [0.05, 0.1) is 0 Å². The van der Waals surface area contributed by atoms with Gasteiger partial charge in [-0.2, -0.15) is 0 Å². The minimum absolute atomic E-state index is 0.566. The SMILES string of the molecule is CC(C)c1ccc(OCc2ccc(CI)cc2C2CC2)cc1. The van der Waals surface area contributed by atoms with Gasteiger partial charge in [-0.1, -0.05) is 66.8 Å². The zero-order valence-corrected chi connectivity index (χ0v) is 15.5. The summed E-state index contributed by atoms with van der Waals surface area (Å²) in [6.45, 7) is 5.10. The van der Waals surface area contributed by atoms with Crippen LogP contribution in [0.5, 0.6) is 5.75 Å². The summed E-state index contributed by atoms with van der Waals surface area (Å²) in [5.41, 5.74) is 5.64. The summed E-state index contributed by atoms with van der Waals surface area (Å²) in [4.78, 5) is 0. The van der Waals surface area contributed by atoms with E-state index in [1.165, 1.54) is 35.1 Å². The highest BCUT2D eigenvalue weighted by molar-refractivity contribution is 14.1. The second kappa shape index (κ2) is 7.03. The molecule has 0 N–H and O–H groups in total. The molecule has 1 aliphatic rings. The molecule has 1 aliphatic carbocycles.